The van der Waals surface area contributed by atoms with Gasteiger partial charge < -0.3 is 24.7 Å². The first-order valence-corrected chi connectivity index (χ1v) is 9.77. The van der Waals surface area contributed by atoms with E-state index in [0.29, 0.717) is 12.2 Å². The molecule has 0 saturated carbocycles. The molecule has 1 heterocycles. The number of aliphatic hydroxyl groups is 1. The number of thioether (sulfide) groups is 1. The first-order chi connectivity index (χ1) is 9.08. The van der Waals surface area contributed by atoms with Crippen molar-refractivity contribution in [2.24, 2.45) is 0 Å². The molecular formula is C9H15NO7P2S. The topological polar surface area (TPSA) is 148 Å². The monoisotopic (exact) mass is 343 g/mol. The zero-order chi connectivity index (χ0) is 15.4. The standard InChI is InChI=1S/C9H15NO7P2S/c11-9(18(12,13)14,19(15,16)17)7-20-6-4-8-3-1-2-5-10-8/h1-3,5,11H,4,6-7H2,(H2,12,13,14)(H2,15,16,17). The number of nitrogens with zero attached hydrogens (tertiary/aromatic N) is 1. The lowest BCUT2D eigenvalue weighted by Crippen LogP contribution is -2.31. The SMILES string of the molecule is O=P(O)(O)C(O)(CSCCc1ccccn1)P(=O)(O)O. The van der Waals surface area contributed by atoms with Gasteiger partial charge in [-0.15, -0.1) is 0 Å². The summed E-state index contributed by atoms with van der Waals surface area (Å²) in [5.41, 5.74) is 0.732. The summed E-state index contributed by atoms with van der Waals surface area (Å²) in [7, 11) is -10.7. The molecule has 0 spiro atoms. The van der Waals surface area contributed by atoms with Crippen LogP contribution in [0.25, 0.3) is 0 Å². The normalized spacial score (nSPS) is 13.4. The van der Waals surface area contributed by atoms with Crippen molar-refractivity contribution in [3.8, 4) is 0 Å². The first kappa shape index (κ1) is 17.8. The quantitative estimate of drug-likeness (QED) is 0.349. The van der Waals surface area contributed by atoms with Gasteiger partial charge in [0.2, 0.25) is 0 Å². The van der Waals surface area contributed by atoms with Crippen LogP contribution in [0.2, 0.25) is 0 Å². The van der Waals surface area contributed by atoms with E-state index in [1.165, 1.54) is 0 Å². The van der Waals surface area contributed by atoms with E-state index in [0.717, 1.165) is 17.5 Å². The summed E-state index contributed by atoms with van der Waals surface area (Å²) in [4.78, 5) is 39.8. The molecule has 1 aromatic heterocycles. The second-order valence-corrected chi connectivity index (χ2v) is 9.10. The predicted octanol–water partition coefficient (Wildman–Crippen LogP) is 0.359. The van der Waals surface area contributed by atoms with E-state index < -0.39 is 26.0 Å². The van der Waals surface area contributed by atoms with Crippen molar-refractivity contribution in [2.45, 2.75) is 11.5 Å². The van der Waals surface area contributed by atoms with Gasteiger partial charge in [0.1, 0.15) is 0 Å². The average Bonchev–Trinajstić information content (AvgIpc) is 2.33. The summed E-state index contributed by atoms with van der Waals surface area (Å²) in [6, 6.07) is 5.25. The second-order valence-electron chi connectivity index (χ2n) is 3.99. The number of rotatable bonds is 7. The van der Waals surface area contributed by atoms with Crippen molar-refractivity contribution in [3.05, 3.63) is 30.1 Å². The largest absolute Gasteiger partial charge is 0.370 e. The zero-order valence-electron chi connectivity index (χ0n) is 10.2. The first-order valence-electron chi connectivity index (χ1n) is 5.39. The maximum atomic E-state index is 11.1. The zero-order valence-corrected chi connectivity index (χ0v) is 12.8. The summed E-state index contributed by atoms with van der Waals surface area (Å²) in [5.74, 6) is -0.465. The van der Waals surface area contributed by atoms with Gasteiger partial charge in [0.05, 0.1) is 0 Å². The van der Waals surface area contributed by atoms with E-state index in [9.17, 15) is 14.2 Å². The van der Waals surface area contributed by atoms with Gasteiger partial charge in [0.25, 0.3) is 5.08 Å². The third kappa shape index (κ3) is 4.38. The van der Waals surface area contributed by atoms with Crippen LogP contribution in [0.1, 0.15) is 5.69 Å². The minimum Gasteiger partial charge on any atom is -0.367 e. The van der Waals surface area contributed by atoms with E-state index in [4.69, 9.17) is 19.6 Å². The number of aryl methyl sites for hydroxylation is 1. The Bertz CT molecular complexity index is 506. The van der Waals surface area contributed by atoms with E-state index in [1.54, 1.807) is 24.4 Å². The molecule has 0 aromatic carbocycles. The molecule has 20 heavy (non-hydrogen) atoms. The predicted molar refractivity (Wildman–Crippen MR) is 74.3 cm³/mol. The molecule has 0 aliphatic heterocycles. The third-order valence-corrected chi connectivity index (χ3v) is 7.75. The van der Waals surface area contributed by atoms with Gasteiger partial charge >= 0.3 is 15.2 Å². The smallest absolute Gasteiger partial charge is 0.367 e. The molecule has 0 aliphatic carbocycles. The van der Waals surface area contributed by atoms with Crippen molar-refractivity contribution >= 4 is 27.0 Å². The van der Waals surface area contributed by atoms with Crippen LogP contribution < -0.4 is 0 Å². The molecule has 114 valence electrons. The highest BCUT2D eigenvalue weighted by atomic mass is 32.2. The fourth-order valence-electron chi connectivity index (χ4n) is 1.27. The fraction of sp³-hybridized carbons (Fsp3) is 0.444. The van der Waals surface area contributed by atoms with Crippen molar-refractivity contribution in [1.82, 2.24) is 4.98 Å². The molecule has 0 amide bonds. The Balaban J connectivity index is 2.62. The van der Waals surface area contributed by atoms with E-state index in [2.05, 4.69) is 4.98 Å². The van der Waals surface area contributed by atoms with Crippen molar-refractivity contribution in [1.29, 1.82) is 0 Å². The second kappa shape index (κ2) is 6.68. The molecule has 8 nitrogen and oxygen atoms in total. The van der Waals surface area contributed by atoms with Crippen molar-refractivity contribution in [2.75, 3.05) is 11.5 Å². The van der Waals surface area contributed by atoms with Crippen LogP contribution in [0, 0.1) is 0 Å². The number of hydrogen-bond donors (Lipinski definition) is 5. The lowest BCUT2D eigenvalue weighted by Gasteiger charge is -2.28. The van der Waals surface area contributed by atoms with Gasteiger partial charge in [-0.2, -0.15) is 11.8 Å². The minimum absolute atomic E-state index is 0.305. The highest BCUT2D eigenvalue weighted by Gasteiger charge is 2.59. The van der Waals surface area contributed by atoms with Gasteiger partial charge in [0, 0.05) is 17.6 Å². The summed E-state index contributed by atoms with van der Waals surface area (Å²) < 4.78 is 22.2. The van der Waals surface area contributed by atoms with Crippen LogP contribution in [0.4, 0.5) is 0 Å². The van der Waals surface area contributed by atoms with Crippen LogP contribution in [0.3, 0.4) is 0 Å². The lowest BCUT2D eigenvalue weighted by molar-refractivity contribution is 0.150. The van der Waals surface area contributed by atoms with Crippen LogP contribution >= 0.6 is 27.0 Å². The summed E-state index contributed by atoms with van der Waals surface area (Å²) >= 11 is 0.834. The molecule has 5 N–H and O–H groups in total. The van der Waals surface area contributed by atoms with Crippen LogP contribution in [-0.4, -0.2) is 46.3 Å². The highest BCUT2D eigenvalue weighted by molar-refractivity contribution is 8.00. The minimum atomic E-state index is -5.37. The maximum Gasteiger partial charge on any atom is 0.370 e. The van der Waals surface area contributed by atoms with Gasteiger partial charge in [-0.25, -0.2) is 0 Å². The Morgan fingerprint density at radius 2 is 1.75 bits per heavy atom. The van der Waals surface area contributed by atoms with Gasteiger partial charge in [-0.1, -0.05) is 6.07 Å². The van der Waals surface area contributed by atoms with E-state index in [1.807, 2.05) is 0 Å². The van der Waals surface area contributed by atoms with Gasteiger partial charge in [-0.05, 0) is 24.3 Å². The molecule has 1 aromatic rings. The van der Waals surface area contributed by atoms with Crippen LogP contribution in [0.5, 0.6) is 0 Å². The Morgan fingerprint density at radius 3 is 2.20 bits per heavy atom. The Hall–Kier alpha value is -0.240. The number of pyridine rings is 1. The molecule has 0 bridgehead atoms. The van der Waals surface area contributed by atoms with Crippen molar-refractivity contribution in [3.63, 3.8) is 0 Å². The molecule has 0 atom stereocenters. The molecule has 0 saturated heterocycles. The fourth-order valence-corrected chi connectivity index (χ4v) is 5.29. The summed E-state index contributed by atoms with van der Waals surface area (Å²) in [6.07, 6.45) is 2.03. The van der Waals surface area contributed by atoms with Crippen molar-refractivity contribution < 1.29 is 33.8 Å². The number of aromatic nitrogens is 1. The number of hydrogen-bond acceptors (Lipinski definition) is 5. The van der Waals surface area contributed by atoms with Gasteiger partial charge in [0.15, 0.2) is 0 Å². The molecule has 1 rings (SSSR count). The summed E-state index contributed by atoms with van der Waals surface area (Å²) in [5, 5.41) is 6.27. The Morgan fingerprint density at radius 1 is 1.15 bits per heavy atom. The van der Waals surface area contributed by atoms with Gasteiger partial charge in [-0.3, -0.25) is 14.1 Å². The molecule has 0 fully saturated rings. The van der Waals surface area contributed by atoms with E-state index >= 15 is 0 Å². The third-order valence-electron chi connectivity index (χ3n) is 2.46. The Labute approximate surface area is 119 Å². The summed E-state index contributed by atoms with van der Waals surface area (Å²) in [6.45, 7) is 0. The Kier molecular flexibility index (Phi) is 5.95. The molecule has 0 aliphatic rings. The van der Waals surface area contributed by atoms with E-state index in [-0.39, 0.29) is 0 Å². The maximum absolute atomic E-state index is 11.1. The molecular weight excluding hydrogens is 328 g/mol. The van der Waals surface area contributed by atoms with Crippen LogP contribution in [-0.2, 0) is 15.6 Å². The lowest BCUT2D eigenvalue weighted by atomic mass is 10.3. The molecule has 0 radical (unpaired) electrons. The highest BCUT2D eigenvalue weighted by Crippen LogP contribution is 2.68. The molecule has 11 heteroatoms. The average molecular weight is 343 g/mol. The molecule has 0 unspecified atom stereocenters. The van der Waals surface area contributed by atoms with Crippen LogP contribution in [0.15, 0.2) is 24.4 Å².